The van der Waals surface area contributed by atoms with E-state index in [1.54, 1.807) is 0 Å². The maximum absolute atomic E-state index is 8.50. The minimum absolute atomic E-state index is 0.225. The topological polar surface area (TPSA) is 49.8 Å². The van der Waals surface area contributed by atoms with Gasteiger partial charge >= 0.3 is 0 Å². The lowest BCUT2D eigenvalue weighted by molar-refractivity contribution is 0.744. The summed E-state index contributed by atoms with van der Waals surface area (Å²) in [5.41, 5.74) is 6.76. The van der Waals surface area contributed by atoms with Gasteiger partial charge in [0.25, 0.3) is 0 Å². The summed E-state index contributed by atoms with van der Waals surface area (Å²) < 4.78 is 1.89. The van der Waals surface area contributed by atoms with Crippen LogP contribution in [0.2, 0.25) is 0 Å². The molecule has 0 aliphatic carbocycles. The Morgan fingerprint density at radius 3 is 2.77 bits per heavy atom. The minimum atomic E-state index is -0.225. The van der Waals surface area contributed by atoms with Gasteiger partial charge in [0.1, 0.15) is 0 Å². The quantitative estimate of drug-likeness (QED) is 0.912. The van der Waals surface area contributed by atoms with E-state index in [0.717, 1.165) is 14.5 Å². The molecular weight excluding hydrogens is 296 g/mol. The number of hydrogen-bond acceptors (Lipinski definition) is 2. The Hall–Kier alpha value is -0.370. The van der Waals surface area contributed by atoms with Crippen molar-refractivity contribution in [3.05, 3.63) is 32.7 Å². The maximum Gasteiger partial charge on any atom is 0.0641 e. The Balaban J connectivity index is 3.02. The predicted octanol–water partition coefficient (Wildman–Crippen LogP) is 3.13. The highest BCUT2D eigenvalue weighted by Crippen LogP contribution is 2.30. The van der Waals surface area contributed by atoms with Crippen LogP contribution in [0.5, 0.6) is 0 Å². The van der Waals surface area contributed by atoms with Crippen LogP contribution in [-0.4, -0.2) is 0 Å². The van der Waals surface area contributed by atoms with E-state index in [1.807, 2.05) is 18.2 Å². The Kier molecular flexibility index (Phi) is 3.91. The molecule has 0 unspecified atom stereocenters. The van der Waals surface area contributed by atoms with Gasteiger partial charge in [-0.25, -0.2) is 0 Å². The normalized spacial score (nSPS) is 12.2. The van der Waals surface area contributed by atoms with E-state index in [-0.39, 0.29) is 6.04 Å². The Morgan fingerprint density at radius 2 is 2.15 bits per heavy atom. The highest BCUT2D eigenvalue weighted by molar-refractivity contribution is 9.13. The summed E-state index contributed by atoms with van der Waals surface area (Å²) in [7, 11) is 0. The van der Waals surface area contributed by atoms with Crippen molar-refractivity contribution in [3.8, 4) is 6.07 Å². The van der Waals surface area contributed by atoms with Gasteiger partial charge in [-0.3, -0.25) is 0 Å². The standard InChI is InChI=1S/C9H8Br2N2/c10-7-3-1-2-6(9(7)11)8(13)4-5-12/h1-3,8H,4,13H2/t8-/m0/s1. The van der Waals surface area contributed by atoms with E-state index in [0.29, 0.717) is 6.42 Å². The van der Waals surface area contributed by atoms with Gasteiger partial charge in [0, 0.05) is 15.0 Å². The number of rotatable bonds is 2. The molecule has 0 heterocycles. The van der Waals surface area contributed by atoms with Crippen LogP contribution in [0.25, 0.3) is 0 Å². The molecule has 0 radical (unpaired) electrons. The van der Waals surface area contributed by atoms with Gasteiger partial charge in [0.05, 0.1) is 12.5 Å². The summed E-state index contributed by atoms with van der Waals surface area (Å²) in [6.07, 6.45) is 0.328. The number of nitriles is 1. The Morgan fingerprint density at radius 1 is 1.46 bits per heavy atom. The summed E-state index contributed by atoms with van der Waals surface area (Å²) >= 11 is 6.79. The minimum Gasteiger partial charge on any atom is -0.323 e. The van der Waals surface area contributed by atoms with E-state index < -0.39 is 0 Å². The second-order valence-corrected chi connectivity index (χ2v) is 4.26. The van der Waals surface area contributed by atoms with Gasteiger partial charge in [0.15, 0.2) is 0 Å². The number of hydrogen-bond donors (Lipinski definition) is 1. The van der Waals surface area contributed by atoms with E-state index in [1.165, 1.54) is 0 Å². The molecule has 1 rings (SSSR count). The zero-order chi connectivity index (χ0) is 9.84. The molecule has 0 aliphatic rings. The summed E-state index contributed by atoms with van der Waals surface area (Å²) in [6, 6.07) is 7.57. The Bertz CT molecular complexity index is 344. The fraction of sp³-hybridized carbons (Fsp3) is 0.222. The number of benzene rings is 1. The van der Waals surface area contributed by atoms with Crippen LogP contribution in [0.15, 0.2) is 27.1 Å². The first-order valence-electron chi connectivity index (χ1n) is 3.73. The van der Waals surface area contributed by atoms with E-state index in [4.69, 9.17) is 11.0 Å². The maximum atomic E-state index is 8.50. The average molecular weight is 304 g/mol. The third kappa shape index (κ3) is 2.53. The molecule has 4 heteroatoms. The molecule has 13 heavy (non-hydrogen) atoms. The van der Waals surface area contributed by atoms with E-state index >= 15 is 0 Å². The van der Waals surface area contributed by atoms with Crippen LogP contribution in [0, 0.1) is 11.3 Å². The van der Waals surface area contributed by atoms with Gasteiger partial charge in [-0.2, -0.15) is 5.26 Å². The SMILES string of the molecule is N#CC[C@H](N)c1cccc(Br)c1Br. The third-order valence-electron chi connectivity index (χ3n) is 1.69. The molecule has 1 aromatic carbocycles. The van der Waals surface area contributed by atoms with Crippen LogP contribution in [-0.2, 0) is 0 Å². The van der Waals surface area contributed by atoms with Gasteiger partial charge < -0.3 is 5.73 Å². The Labute approximate surface area is 94.0 Å². The lowest BCUT2D eigenvalue weighted by Gasteiger charge is -2.10. The highest BCUT2D eigenvalue weighted by atomic mass is 79.9. The number of halogens is 2. The first-order chi connectivity index (χ1) is 6.16. The molecule has 1 atom stereocenters. The van der Waals surface area contributed by atoms with Gasteiger partial charge in [-0.1, -0.05) is 12.1 Å². The monoisotopic (exact) mass is 302 g/mol. The predicted molar refractivity (Wildman–Crippen MR) is 59.0 cm³/mol. The summed E-state index contributed by atoms with van der Waals surface area (Å²) in [6.45, 7) is 0. The van der Waals surface area contributed by atoms with Crippen molar-refractivity contribution < 1.29 is 0 Å². The largest absolute Gasteiger partial charge is 0.323 e. The molecule has 0 saturated heterocycles. The fourth-order valence-electron chi connectivity index (χ4n) is 1.02. The summed E-state index contributed by atoms with van der Waals surface area (Å²) in [5.74, 6) is 0. The van der Waals surface area contributed by atoms with E-state index in [9.17, 15) is 0 Å². The fourth-order valence-corrected chi connectivity index (χ4v) is 1.96. The molecule has 1 aromatic rings. The first-order valence-corrected chi connectivity index (χ1v) is 5.32. The third-order valence-corrected chi connectivity index (χ3v) is 3.77. The molecule has 0 spiro atoms. The molecular formula is C9H8Br2N2. The molecule has 0 aromatic heterocycles. The van der Waals surface area contributed by atoms with Crippen LogP contribution < -0.4 is 5.73 Å². The van der Waals surface area contributed by atoms with Crippen molar-refractivity contribution in [3.63, 3.8) is 0 Å². The zero-order valence-corrected chi connectivity index (χ0v) is 9.97. The molecule has 68 valence electrons. The molecule has 0 fully saturated rings. The average Bonchev–Trinajstić information content (AvgIpc) is 2.10. The van der Waals surface area contributed by atoms with E-state index in [2.05, 4.69) is 37.9 Å². The molecule has 2 N–H and O–H groups in total. The van der Waals surface area contributed by atoms with Crippen molar-refractivity contribution in [1.29, 1.82) is 5.26 Å². The van der Waals surface area contributed by atoms with Crippen LogP contribution in [0.3, 0.4) is 0 Å². The smallest absolute Gasteiger partial charge is 0.0641 e. The summed E-state index contributed by atoms with van der Waals surface area (Å²) in [4.78, 5) is 0. The summed E-state index contributed by atoms with van der Waals surface area (Å²) in [5, 5.41) is 8.50. The lowest BCUT2D eigenvalue weighted by Crippen LogP contribution is -2.09. The van der Waals surface area contributed by atoms with Gasteiger partial charge in [0.2, 0.25) is 0 Å². The van der Waals surface area contributed by atoms with Crippen molar-refractivity contribution in [1.82, 2.24) is 0 Å². The van der Waals surface area contributed by atoms with Crippen LogP contribution in [0.4, 0.5) is 0 Å². The molecule has 0 amide bonds. The number of nitrogens with two attached hydrogens (primary N) is 1. The van der Waals surface area contributed by atoms with Crippen molar-refractivity contribution in [2.45, 2.75) is 12.5 Å². The number of nitrogens with zero attached hydrogens (tertiary/aromatic N) is 1. The lowest BCUT2D eigenvalue weighted by atomic mass is 10.1. The van der Waals surface area contributed by atoms with Crippen molar-refractivity contribution >= 4 is 31.9 Å². The first kappa shape index (κ1) is 10.7. The van der Waals surface area contributed by atoms with Gasteiger partial charge in [-0.05, 0) is 43.5 Å². The molecule has 0 saturated carbocycles. The second-order valence-electron chi connectivity index (χ2n) is 2.61. The van der Waals surface area contributed by atoms with Crippen molar-refractivity contribution in [2.24, 2.45) is 5.73 Å². The van der Waals surface area contributed by atoms with Crippen LogP contribution in [0.1, 0.15) is 18.0 Å². The molecule has 2 nitrogen and oxygen atoms in total. The van der Waals surface area contributed by atoms with Crippen LogP contribution >= 0.6 is 31.9 Å². The zero-order valence-electron chi connectivity index (χ0n) is 6.80. The van der Waals surface area contributed by atoms with Gasteiger partial charge in [-0.15, -0.1) is 0 Å². The molecule has 0 bridgehead atoms. The van der Waals surface area contributed by atoms with Crippen molar-refractivity contribution in [2.75, 3.05) is 0 Å². The second kappa shape index (κ2) is 4.75. The molecule has 0 aliphatic heterocycles. The highest BCUT2D eigenvalue weighted by Gasteiger charge is 2.10.